The Bertz CT molecular complexity index is 1270. The second kappa shape index (κ2) is 12.6. The van der Waals surface area contributed by atoms with Crippen LogP contribution in [0.2, 0.25) is 0 Å². The molecule has 0 saturated heterocycles. The third-order valence-electron chi connectivity index (χ3n) is 6.17. The summed E-state index contributed by atoms with van der Waals surface area (Å²) in [5, 5.41) is 2.98. The molecular weight excluding hydrogens is 522 g/mol. The van der Waals surface area contributed by atoms with Crippen molar-refractivity contribution in [2.24, 2.45) is 0 Å². The summed E-state index contributed by atoms with van der Waals surface area (Å²) in [4.78, 5) is 28.4. The Morgan fingerprint density at radius 1 is 1.10 bits per heavy atom. The number of carbonyl (C=O) groups is 2. The largest absolute Gasteiger partial charge is 0.497 e. The van der Waals surface area contributed by atoms with Crippen LogP contribution in [-0.2, 0) is 26.2 Å². The van der Waals surface area contributed by atoms with Gasteiger partial charge in [0.2, 0.25) is 28.6 Å². The lowest BCUT2D eigenvalue weighted by molar-refractivity contribution is -0.142. The van der Waals surface area contributed by atoms with E-state index in [1.54, 1.807) is 30.2 Å². The number of sulfonamides is 1. The minimum absolute atomic E-state index is 0.0554. The number of anilines is 1. The zero-order valence-electron chi connectivity index (χ0n) is 23.5. The molecule has 1 aliphatic heterocycles. The fourth-order valence-corrected chi connectivity index (χ4v) is 5.34. The van der Waals surface area contributed by atoms with E-state index in [0.717, 1.165) is 11.8 Å². The summed E-state index contributed by atoms with van der Waals surface area (Å²) in [5.41, 5.74) is 0.789. The SMILES string of the molecule is CC[C@H](C(=O)NC(C)(C)C)N(Cc1cccc(OC)c1)C(=O)CCCN(c1ccc2c(c1)OCO2)S(C)(=O)=O. The van der Waals surface area contributed by atoms with Crippen molar-refractivity contribution >= 4 is 27.5 Å². The summed E-state index contributed by atoms with van der Waals surface area (Å²) in [6.45, 7) is 7.91. The molecule has 2 aromatic carbocycles. The van der Waals surface area contributed by atoms with Gasteiger partial charge in [0.05, 0.1) is 19.1 Å². The number of amides is 2. The highest BCUT2D eigenvalue weighted by Gasteiger charge is 2.31. The van der Waals surface area contributed by atoms with Gasteiger partial charge in [-0.2, -0.15) is 0 Å². The predicted octanol–water partition coefficient (Wildman–Crippen LogP) is 3.69. The molecule has 1 atom stereocenters. The third kappa shape index (κ3) is 8.26. The van der Waals surface area contributed by atoms with Crippen LogP contribution in [0.15, 0.2) is 42.5 Å². The Kier molecular flexibility index (Phi) is 9.71. The first-order valence-electron chi connectivity index (χ1n) is 12.9. The highest BCUT2D eigenvalue weighted by atomic mass is 32.2. The molecule has 0 unspecified atom stereocenters. The first-order valence-corrected chi connectivity index (χ1v) is 14.8. The molecule has 3 rings (SSSR count). The van der Waals surface area contributed by atoms with Gasteiger partial charge < -0.3 is 24.4 Å². The average molecular weight is 562 g/mol. The van der Waals surface area contributed by atoms with E-state index in [-0.39, 0.29) is 44.5 Å². The molecule has 0 bridgehead atoms. The van der Waals surface area contributed by atoms with Gasteiger partial charge in [-0.25, -0.2) is 8.42 Å². The van der Waals surface area contributed by atoms with Crippen LogP contribution in [0, 0.1) is 0 Å². The van der Waals surface area contributed by atoms with Crippen LogP contribution >= 0.6 is 0 Å². The standard InChI is InChI=1S/C28H39N3O7S/c1-7-23(27(33)29-28(2,3)4)30(18-20-10-8-11-22(16-20)36-5)26(32)12-9-15-31(39(6,34)35)21-13-14-24-25(17-21)38-19-37-24/h8,10-11,13-14,16-17,23H,7,9,12,15,18-19H2,1-6H3,(H,29,33)/t23-/m1/s1. The van der Waals surface area contributed by atoms with Crippen molar-refractivity contribution in [1.29, 1.82) is 0 Å². The normalized spacial score (nSPS) is 13.5. The maximum atomic E-state index is 13.6. The number of methoxy groups -OCH3 is 1. The minimum atomic E-state index is -3.63. The van der Waals surface area contributed by atoms with Crippen molar-refractivity contribution in [3.63, 3.8) is 0 Å². The molecule has 0 spiro atoms. The molecule has 1 N–H and O–H groups in total. The predicted molar refractivity (Wildman–Crippen MR) is 150 cm³/mol. The lowest BCUT2D eigenvalue weighted by atomic mass is 10.0. The number of fused-ring (bicyclic) bond motifs is 1. The van der Waals surface area contributed by atoms with Gasteiger partial charge in [0.15, 0.2) is 11.5 Å². The molecule has 11 heteroatoms. The molecule has 2 aromatic rings. The summed E-state index contributed by atoms with van der Waals surface area (Å²) in [6.07, 6.45) is 1.86. The van der Waals surface area contributed by atoms with Gasteiger partial charge in [0, 0.05) is 31.1 Å². The van der Waals surface area contributed by atoms with Gasteiger partial charge in [0.1, 0.15) is 11.8 Å². The number of nitrogens with zero attached hydrogens (tertiary/aromatic N) is 2. The van der Waals surface area contributed by atoms with Crippen LogP contribution in [0.1, 0.15) is 52.5 Å². The lowest BCUT2D eigenvalue weighted by Gasteiger charge is -2.33. The maximum absolute atomic E-state index is 13.6. The van der Waals surface area contributed by atoms with Gasteiger partial charge in [-0.15, -0.1) is 0 Å². The molecule has 0 saturated carbocycles. The van der Waals surface area contributed by atoms with Crippen molar-refractivity contribution in [2.45, 2.75) is 65.1 Å². The van der Waals surface area contributed by atoms with Crippen molar-refractivity contribution < 1.29 is 32.2 Å². The van der Waals surface area contributed by atoms with Crippen LogP contribution < -0.4 is 23.8 Å². The quantitative estimate of drug-likeness (QED) is 0.420. The van der Waals surface area contributed by atoms with E-state index in [1.165, 1.54) is 4.31 Å². The van der Waals surface area contributed by atoms with Gasteiger partial charge in [0.25, 0.3) is 0 Å². The van der Waals surface area contributed by atoms with E-state index >= 15 is 0 Å². The van der Waals surface area contributed by atoms with Crippen LogP contribution in [0.5, 0.6) is 17.2 Å². The first kappa shape index (κ1) is 30.1. The molecule has 2 amide bonds. The highest BCUT2D eigenvalue weighted by Crippen LogP contribution is 2.36. The second-order valence-corrected chi connectivity index (χ2v) is 12.4. The highest BCUT2D eigenvalue weighted by molar-refractivity contribution is 7.92. The zero-order chi connectivity index (χ0) is 28.8. The summed E-state index contributed by atoms with van der Waals surface area (Å²) in [5.74, 6) is 1.19. The van der Waals surface area contributed by atoms with Crippen molar-refractivity contribution in [1.82, 2.24) is 10.2 Å². The van der Waals surface area contributed by atoms with Gasteiger partial charge >= 0.3 is 0 Å². The summed E-state index contributed by atoms with van der Waals surface area (Å²) in [6, 6.07) is 11.6. The van der Waals surface area contributed by atoms with E-state index in [4.69, 9.17) is 14.2 Å². The number of ether oxygens (including phenoxy) is 3. The smallest absolute Gasteiger partial charge is 0.243 e. The van der Waals surface area contributed by atoms with E-state index in [9.17, 15) is 18.0 Å². The molecule has 0 fully saturated rings. The fraction of sp³-hybridized carbons (Fsp3) is 0.500. The second-order valence-electron chi connectivity index (χ2n) is 10.5. The monoisotopic (exact) mass is 561 g/mol. The van der Waals surface area contributed by atoms with Gasteiger partial charge in [-0.3, -0.25) is 13.9 Å². The van der Waals surface area contributed by atoms with Crippen molar-refractivity contribution in [2.75, 3.05) is 31.0 Å². The Hall–Kier alpha value is -3.47. The number of rotatable bonds is 12. The molecule has 1 aliphatic rings. The first-order chi connectivity index (χ1) is 18.3. The number of benzene rings is 2. The molecule has 0 aromatic heterocycles. The average Bonchev–Trinajstić information content (AvgIpc) is 3.32. The van der Waals surface area contributed by atoms with E-state index in [1.807, 2.05) is 52.0 Å². The van der Waals surface area contributed by atoms with Crippen molar-refractivity contribution in [3.8, 4) is 17.2 Å². The molecule has 214 valence electrons. The van der Waals surface area contributed by atoms with Crippen LogP contribution in [0.3, 0.4) is 0 Å². The molecule has 1 heterocycles. The number of carbonyl (C=O) groups excluding carboxylic acids is 2. The van der Waals surface area contributed by atoms with Crippen LogP contribution in [0.25, 0.3) is 0 Å². The molecule has 10 nitrogen and oxygen atoms in total. The zero-order valence-corrected chi connectivity index (χ0v) is 24.3. The molecular formula is C28H39N3O7S. The molecule has 0 aliphatic carbocycles. The maximum Gasteiger partial charge on any atom is 0.243 e. The van der Waals surface area contributed by atoms with Crippen LogP contribution in [0.4, 0.5) is 5.69 Å². The van der Waals surface area contributed by atoms with E-state index in [0.29, 0.717) is 29.4 Å². The number of nitrogens with one attached hydrogen (secondary N) is 1. The summed E-state index contributed by atoms with van der Waals surface area (Å²) < 4.78 is 42.5. The van der Waals surface area contributed by atoms with Crippen molar-refractivity contribution in [3.05, 3.63) is 48.0 Å². The summed E-state index contributed by atoms with van der Waals surface area (Å²) >= 11 is 0. The summed E-state index contributed by atoms with van der Waals surface area (Å²) in [7, 11) is -2.06. The Morgan fingerprint density at radius 2 is 1.82 bits per heavy atom. The van der Waals surface area contributed by atoms with Gasteiger partial charge in [-0.05, 0) is 63.4 Å². The number of hydrogen-bond donors (Lipinski definition) is 1. The molecule has 0 radical (unpaired) electrons. The fourth-order valence-electron chi connectivity index (χ4n) is 4.38. The molecule has 39 heavy (non-hydrogen) atoms. The Morgan fingerprint density at radius 3 is 2.46 bits per heavy atom. The van der Waals surface area contributed by atoms with E-state index in [2.05, 4.69) is 5.32 Å². The minimum Gasteiger partial charge on any atom is -0.497 e. The van der Waals surface area contributed by atoms with E-state index < -0.39 is 21.6 Å². The number of hydrogen-bond acceptors (Lipinski definition) is 7. The lowest BCUT2D eigenvalue weighted by Crippen LogP contribution is -2.53. The Balaban J connectivity index is 1.79. The third-order valence-corrected chi connectivity index (χ3v) is 7.36. The topological polar surface area (TPSA) is 114 Å². The Labute approximate surface area is 231 Å². The van der Waals surface area contributed by atoms with Crippen LogP contribution in [-0.4, -0.2) is 63.4 Å². The van der Waals surface area contributed by atoms with Gasteiger partial charge in [-0.1, -0.05) is 19.1 Å².